The molecule has 118 valence electrons. The molecular formula is C18H19N3O2. The Morgan fingerprint density at radius 1 is 1.17 bits per heavy atom. The maximum atomic E-state index is 11.0. The molecule has 3 aromatic rings. The van der Waals surface area contributed by atoms with Gasteiger partial charge in [-0.1, -0.05) is 24.3 Å². The van der Waals surface area contributed by atoms with Gasteiger partial charge in [0, 0.05) is 35.3 Å². The molecule has 0 radical (unpaired) electrons. The van der Waals surface area contributed by atoms with Crippen molar-refractivity contribution in [2.75, 3.05) is 14.1 Å². The molecule has 0 unspecified atom stereocenters. The Labute approximate surface area is 134 Å². The summed E-state index contributed by atoms with van der Waals surface area (Å²) in [7, 11) is 4.09. The lowest BCUT2D eigenvalue weighted by Crippen LogP contribution is -2.11. The van der Waals surface area contributed by atoms with Gasteiger partial charge in [-0.3, -0.25) is 10.1 Å². The standard InChI is InChI=1S/C18H19N3O2/c1-12-18(15-7-5-4-6-13(15)11-20(2)3)16-9-8-14(21(22)23)10-17(16)19-12/h4-10,19H,11H2,1-3H3. The average Bonchev–Trinajstić information content (AvgIpc) is 2.82. The largest absolute Gasteiger partial charge is 0.358 e. The predicted molar refractivity (Wildman–Crippen MR) is 92.5 cm³/mol. The molecule has 3 rings (SSSR count). The highest BCUT2D eigenvalue weighted by atomic mass is 16.6. The van der Waals surface area contributed by atoms with Crippen LogP contribution >= 0.6 is 0 Å². The minimum atomic E-state index is -0.366. The van der Waals surface area contributed by atoms with Crippen LogP contribution in [0.15, 0.2) is 42.5 Å². The van der Waals surface area contributed by atoms with Crippen molar-refractivity contribution in [3.63, 3.8) is 0 Å². The second-order valence-corrected chi connectivity index (χ2v) is 6.01. The third-order valence-corrected chi connectivity index (χ3v) is 3.95. The van der Waals surface area contributed by atoms with E-state index in [1.807, 2.05) is 39.2 Å². The SMILES string of the molecule is Cc1[nH]c2cc([N+](=O)[O-])ccc2c1-c1ccccc1CN(C)C. The molecule has 0 aliphatic rings. The molecule has 0 bridgehead atoms. The molecule has 1 heterocycles. The van der Waals surface area contributed by atoms with Gasteiger partial charge < -0.3 is 9.88 Å². The number of nitro benzene ring substituents is 1. The first-order valence-electron chi connectivity index (χ1n) is 7.47. The molecule has 5 nitrogen and oxygen atoms in total. The van der Waals surface area contributed by atoms with Crippen molar-refractivity contribution in [1.29, 1.82) is 0 Å². The maximum Gasteiger partial charge on any atom is 0.271 e. The van der Waals surface area contributed by atoms with E-state index in [0.29, 0.717) is 0 Å². The van der Waals surface area contributed by atoms with Crippen LogP contribution in [0.5, 0.6) is 0 Å². The number of aryl methyl sites for hydroxylation is 1. The van der Waals surface area contributed by atoms with E-state index in [2.05, 4.69) is 22.0 Å². The zero-order chi connectivity index (χ0) is 16.6. The Balaban J connectivity index is 2.21. The summed E-state index contributed by atoms with van der Waals surface area (Å²) in [6.07, 6.45) is 0. The highest BCUT2D eigenvalue weighted by molar-refractivity contribution is 5.99. The summed E-state index contributed by atoms with van der Waals surface area (Å²) < 4.78 is 0. The first-order valence-corrected chi connectivity index (χ1v) is 7.47. The molecule has 0 aliphatic heterocycles. The van der Waals surface area contributed by atoms with Crippen LogP contribution in [0.4, 0.5) is 5.69 Å². The average molecular weight is 309 g/mol. The van der Waals surface area contributed by atoms with Gasteiger partial charge in [-0.2, -0.15) is 0 Å². The molecular weight excluding hydrogens is 290 g/mol. The Hall–Kier alpha value is -2.66. The summed E-state index contributed by atoms with van der Waals surface area (Å²) in [4.78, 5) is 16.0. The van der Waals surface area contributed by atoms with Crippen LogP contribution in [0.2, 0.25) is 0 Å². The van der Waals surface area contributed by atoms with Crippen molar-refractivity contribution in [3.05, 3.63) is 63.8 Å². The fourth-order valence-electron chi connectivity index (χ4n) is 3.02. The summed E-state index contributed by atoms with van der Waals surface area (Å²) in [5.41, 5.74) is 5.44. The summed E-state index contributed by atoms with van der Waals surface area (Å²) in [6.45, 7) is 2.85. The third kappa shape index (κ3) is 2.83. The molecule has 0 spiro atoms. The number of nitro groups is 1. The molecule has 5 heteroatoms. The highest BCUT2D eigenvalue weighted by Crippen LogP contribution is 2.35. The minimum Gasteiger partial charge on any atom is -0.358 e. The molecule has 0 aliphatic carbocycles. The summed E-state index contributed by atoms with van der Waals surface area (Å²) >= 11 is 0. The number of hydrogen-bond acceptors (Lipinski definition) is 3. The van der Waals surface area contributed by atoms with E-state index < -0.39 is 0 Å². The zero-order valence-electron chi connectivity index (χ0n) is 13.5. The van der Waals surface area contributed by atoms with Crippen molar-refractivity contribution >= 4 is 16.6 Å². The molecule has 1 aromatic heterocycles. The van der Waals surface area contributed by atoms with E-state index in [1.54, 1.807) is 12.1 Å². The summed E-state index contributed by atoms with van der Waals surface area (Å²) in [6, 6.07) is 13.3. The van der Waals surface area contributed by atoms with Gasteiger partial charge in [0.25, 0.3) is 5.69 Å². The van der Waals surface area contributed by atoms with Crippen molar-refractivity contribution in [3.8, 4) is 11.1 Å². The molecule has 0 amide bonds. The maximum absolute atomic E-state index is 11.0. The highest BCUT2D eigenvalue weighted by Gasteiger charge is 2.16. The Bertz CT molecular complexity index is 881. The number of hydrogen-bond donors (Lipinski definition) is 1. The lowest BCUT2D eigenvalue weighted by molar-refractivity contribution is -0.384. The number of aromatic amines is 1. The monoisotopic (exact) mass is 309 g/mol. The zero-order valence-corrected chi connectivity index (χ0v) is 13.5. The number of rotatable bonds is 4. The van der Waals surface area contributed by atoms with Gasteiger partial charge in [0.2, 0.25) is 0 Å². The number of non-ortho nitro benzene ring substituents is 1. The predicted octanol–water partition coefficient (Wildman–Crippen LogP) is 4.11. The van der Waals surface area contributed by atoms with Crippen LogP contribution < -0.4 is 0 Å². The van der Waals surface area contributed by atoms with Crippen molar-refractivity contribution in [1.82, 2.24) is 9.88 Å². The van der Waals surface area contributed by atoms with Crippen LogP contribution in [0.1, 0.15) is 11.3 Å². The van der Waals surface area contributed by atoms with Crippen LogP contribution in [0.25, 0.3) is 22.0 Å². The van der Waals surface area contributed by atoms with Crippen LogP contribution in [0.3, 0.4) is 0 Å². The molecule has 0 saturated heterocycles. The van der Waals surface area contributed by atoms with E-state index in [9.17, 15) is 10.1 Å². The van der Waals surface area contributed by atoms with Gasteiger partial charge in [-0.05, 0) is 38.2 Å². The fourth-order valence-corrected chi connectivity index (χ4v) is 3.02. The lowest BCUT2D eigenvalue weighted by Gasteiger charge is -2.14. The third-order valence-electron chi connectivity index (χ3n) is 3.95. The number of fused-ring (bicyclic) bond motifs is 1. The van der Waals surface area contributed by atoms with Crippen LogP contribution in [-0.2, 0) is 6.54 Å². The Morgan fingerprint density at radius 2 is 1.91 bits per heavy atom. The number of benzene rings is 2. The number of nitrogens with one attached hydrogen (secondary N) is 1. The molecule has 1 N–H and O–H groups in total. The molecule has 0 fully saturated rings. The van der Waals surface area contributed by atoms with Gasteiger partial charge >= 0.3 is 0 Å². The van der Waals surface area contributed by atoms with E-state index in [0.717, 1.165) is 28.7 Å². The summed E-state index contributed by atoms with van der Waals surface area (Å²) in [5, 5.41) is 12.0. The molecule has 23 heavy (non-hydrogen) atoms. The van der Waals surface area contributed by atoms with Crippen molar-refractivity contribution in [2.24, 2.45) is 0 Å². The Morgan fingerprint density at radius 3 is 2.61 bits per heavy atom. The normalized spacial score (nSPS) is 11.3. The van der Waals surface area contributed by atoms with Gasteiger partial charge in [0.05, 0.1) is 10.4 Å². The van der Waals surface area contributed by atoms with Gasteiger partial charge in [-0.15, -0.1) is 0 Å². The topological polar surface area (TPSA) is 62.2 Å². The van der Waals surface area contributed by atoms with E-state index in [4.69, 9.17) is 0 Å². The van der Waals surface area contributed by atoms with E-state index in [-0.39, 0.29) is 10.6 Å². The van der Waals surface area contributed by atoms with E-state index in [1.165, 1.54) is 11.1 Å². The first-order chi connectivity index (χ1) is 11.0. The number of H-pyrrole nitrogens is 1. The van der Waals surface area contributed by atoms with Crippen molar-refractivity contribution < 1.29 is 4.92 Å². The second kappa shape index (κ2) is 5.85. The smallest absolute Gasteiger partial charge is 0.271 e. The quantitative estimate of drug-likeness (QED) is 0.582. The number of nitrogens with zero attached hydrogens (tertiary/aromatic N) is 2. The number of aromatic nitrogens is 1. The molecule has 2 aromatic carbocycles. The first kappa shape index (κ1) is 15.2. The lowest BCUT2D eigenvalue weighted by atomic mass is 9.97. The van der Waals surface area contributed by atoms with Crippen molar-refractivity contribution in [2.45, 2.75) is 13.5 Å². The van der Waals surface area contributed by atoms with Crippen LogP contribution in [-0.4, -0.2) is 28.9 Å². The fraction of sp³-hybridized carbons (Fsp3) is 0.222. The Kier molecular flexibility index (Phi) is 3.88. The minimum absolute atomic E-state index is 0.104. The summed E-state index contributed by atoms with van der Waals surface area (Å²) in [5.74, 6) is 0. The van der Waals surface area contributed by atoms with Gasteiger partial charge in [0.1, 0.15) is 0 Å². The van der Waals surface area contributed by atoms with Gasteiger partial charge in [0.15, 0.2) is 0 Å². The van der Waals surface area contributed by atoms with Gasteiger partial charge in [-0.25, -0.2) is 0 Å². The van der Waals surface area contributed by atoms with Crippen LogP contribution in [0, 0.1) is 17.0 Å². The second-order valence-electron chi connectivity index (χ2n) is 6.01. The molecule has 0 atom stereocenters. The van der Waals surface area contributed by atoms with E-state index >= 15 is 0 Å². The molecule has 0 saturated carbocycles.